The van der Waals surface area contributed by atoms with E-state index in [0.717, 1.165) is 5.56 Å². The zero-order valence-electron chi connectivity index (χ0n) is 20.2. The van der Waals surface area contributed by atoms with Crippen molar-refractivity contribution >= 4 is 28.9 Å². The Bertz CT molecular complexity index is 1200. The van der Waals surface area contributed by atoms with Crippen LogP contribution in [-0.4, -0.2) is 46.5 Å². The van der Waals surface area contributed by atoms with Crippen LogP contribution in [0.5, 0.6) is 5.75 Å². The van der Waals surface area contributed by atoms with Gasteiger partial charge in [0.2, 0.25) is 0 Å². The summed E-state index contributed by atoms with van der Waals surface area (Å²) >= 11 is 0. The lowest BCUT2D eigenvalue weighted by molar-refractivity contribution is -0.155. The number of rotatable bonds is 9. The first kappa shape index (κ1) is 25.6. The topological polar surface area (TPSA) is 116 Å². The first-order chi connectivity index (χ1) is 16.6. The highest BCUT2D eigenvalue weighted by molar-refractivity contribution is 5.88. The summed E-state index contributed by atoms with van der Waals surface area (Å²) in [5.41, 5.74) is 1.48. The minimum Gasteiger partial charge on any atom is -0.497 e. The van der Waals surface area contributed by atoms with Crippen molar-refractivity contribution in [1.29, 1.82) is 0 Å². The summed E-state index contributed by atoms with van der Waals surface area (Å²) in [6.45, 7) is 5.33. The lowest BCUT2D eigenvalue weighted by Gasteiger charge is -2.19. The van der Waals surface area contributed by atoms with Crippen molar-refractivity contribution in [3.8, 4) is 5.75 Å². The van der Waals surface area contributed by atoms with E-state index < -0.39 is 29.7 Å². The average Bonchev–Trinajstić information content (AvgIpc) is 3.12. The zero-order valence-corrected chi connectivity index (χ0v) is 20.2. The number of hydrogen-bond acceptors (Lipinski definition) is 6. The van der Waals surface area contributed by atoms with E-state index in [1.807, 2.05) is 18.2 Å². The summed E-state index contributed by atoms with van der Waals surface area (Å²) < 4.78 is 17.6. The van der Waals surface area contributed by atoms with Crippen molar-refractivity contribution in [2.45, 2.75) is 52.0 Å². The van der Waals surface area contributed by atoms with Gasteiger partial charge in [-0.25, -0.2) is 9.59 Å². The van der Waals surface area contributed by atoms with Crippen molar-refractivity contribution in [3.05, 3.63) is 65.9 Å². The minimum absolute atomic E-state index is 0.0193. The highest BCUT2D eigenvalue weighted by Crippen LogP contribution is 2.27. The highest BCUT2D eigenvalue weighted by atomic mass is 16.6. The Balaban J connectivity index is 1.80. The molecule has 2 N–H and O–H groups in total. The fraction of sp³-hybridized carbons (Fsp3) is 0.346. The maximum absolute atomic E-state index is 12.4. The molecule has 1 aromatic heterocycles. The molecule has 0 unspecified atom stereocenters. The van der Waals surface area contributed by atoms with E-state index in [2.05, 4.69) is 5.32 Å². The summed E-state index contributed by atoms with van der Waals surface area (Å²) in [6.07, 6.45) is 0.832. The van der Waals surface area contributed by atoms with Crippen LogP contribution in [-0.2, 0) is 38.6 Å². The molecular weight excluding hydrogens is 452 g/mol. The van der Waals surface area contributed by atoms with Crippen LogP contribution in [0.2, 0.25) is 0 Å². The molecule has 0 saturated carbocycles. The molecule has 0 aliphatic rings. The monoisotopic (exact) mass is 482 g/mol. The van der Waals surface area contributed by atoms with Gasteiger partial charge in [0.1, 0.15) is 30.5 Å². The minimum atomic E-state index is -1.25. The summed E-state index contributed by atoms with van der Waals surface area (Å²) in [4.78, 5) is 36.7. The number of methoxy groups -OCH3 is 1. The van der Waals surface area contributed by atoms with Gasteiger partial charge in [0.25, 0.3) is 0 Å². The molecule has 9 heteroatoms. The van der Waals surface area contributed by atoms with E-state index in [-0.39, 0.29) is 19.6 Å². The second-order valence-corrected chi connectivity index (χ2v) is 9.05. The summed E-state index contributed by atoms with van der Waals surface area (Å²) in [5, 5.41) is 12.9. The second kappa shape index (κ2) is 10.9. The second-order valence-electron chi connectivity index (χ2n) is 9.05. The molecule has 9 nitrogen and oxygen atoms in total. The SMILES string of the molecule is COc1ccc2c(c1)c(C[C@H](NC(=O)OCc1ccccc1)C(=O)O)cn2CC(=O)OC(C)(C)C. The van der Waals surface area contributed by atoms with Crippen LogP contribution in [0.4, 0.5) is 4.79 Å². The van der Waals surface area contributed by atoms with Crippen LogP contribution in [0.1, 0.15) is 31.9 Å². The lowest BCUT2D eigenvalue weighted by atomic mass is 10.0. The van der Waals surface area contributed by atoms with Crippen molar-refractivity contribution in [1.82, 2.24) is 9.88 Å². The normalized spacial score (nSPS) is 12.1. The molecule has 35 heavy (non-hydrogen) atoms. The van der Waals surface area contributed by atoms with Crippen LogP contribution >= 0.6 is 0 Å². The van der Waals surface area contributed by atoms with Crippen LogP contribution in [0.15, 0.2) is 54.7 Å². The van der Waals surface area contributed by atoms with Crippen LogP contribution in [0.25, 0.3) is 10.9 Å². The lowest BCUT2D eigenvalue weighted by Crippen LogP contribution is -2.42. The van der Waals surface area contributed by atoms with E-state index in [0.29, 0.717) is 22.2 Å². The third-order valence-electron chi connectivity index (χ3n) is 5.12. The Morgan fingerprint density at radius 3 is 2.43 bits per heavy atom. The van der Waals surface area contributed by atoms with Gasteiger partial charge in [0, 0.05) is 23.5 Å². The molecule has 1 heterocycles. The number of aromatic nitrogens is 1. The van der Waals surface area contributed by atoms with E-state index >= 15 is 0 Å². The molecule has 2 aromatic carbocycles. The fourth-order valence-electron chi connectivity index (χ4n) is 3.61. The van der Waals surface area contributed by atoms with Crippen LogP contribution < -0.4 is 10.1 Å². The largest absolute Gasteiger partial charge is 0.497 e. The fourth-order valence-corrected chi connectivity index (χ4v) is 3.61. The van der Waals surface area contributed by atoms with Crippen molar-refractivity contribution < 1.29 is 33.7 Å². The Morgan fingerprint density at radius 1 is 1.09 bits per heavy atom. The van der Waals surface area contributed by atoms with Gasteiger partial charge in [0.05, 0.1) is 7.11 Å². The van der Waals surface area contributed by atoms with Crippen molar-refractivity contribution in [3.63, 3.8) is 0 Å². The van der Waals surface area contributed by atoms with Crippen molar-refractivity contribution in [2.75, 3.05) is 7.11 Å². The van der Waals surface area contributed by atoms with E-state index in [1.165, 1.54) is 7.11 Å². The average molecular weight is 483 g/mol. The summed E-state index contributed by atoms with van der Waals surface area (Å²) in [7, 11) is 1.53. The summed E-state index contributed by atoms with van der Waals surface area (Å²) in [6, 6.07) is 13.1. The van der Waals surface area contributed by atoms with E-state index in [9.17, 15) is 19.5 Å². The van der Waals surface area contributed by atoms with Gasteiger partial charge in [-0.2, -0.15) is 0 Å². The van der Waals surface area contributed by atoms with Gasteiger partial charge in [-0.05, 0) is 50.1 Å². The number of nitrogens with zero attached hydrogens (tertiary/aromatic N) is 1. The standard InChI is InChI=1S/C26H30N2O7/c1-26(2,3)35-23(29)15-28-14-18(20-13-19(33-4)10-11-22(20)28)12-21(24(30)31)27-25(32)34-16-17-8-6-5-7-9-17/h5-11,13-14,21H,12,15-16H2,1-4H3,(H,27,32)(H,30,31)/t21-/m0/s1. The molecule has 0 radical (unpaired) electrons. The Hall–Kier alpha value is -4.01. The number of hydrogen-bond donors (Lipinski definition) is 2. The number of aliphatic carboxylic acids is 1. The number of alkyl carbamates (subject to hydrolysis) is 1. The van der Waals surface area contributed by atoms with Gasteiger partial charge in [-0.15, -0.1) is 0 Å². The van der Waals surface area contributed by atoms with E-state index in [4.69, 9.17) is 14.2 Å². The number of carbonyl (C=O) groups is 3. The number of fused-ring (bicyclic) bond motifs is 1. The smallest absolute Gasteiger partial charge is 0.408 e. The number of nitrogens with one attached hydrogen (secondary N) is 1. The maximum Gasteiger partial charge on any atom is 0.408 e. The van der Waals surface area contributed by atoms with Crippen LogP contribution in [0.3, 0.4) is 0 Å². The Labute approximate surface area is 203 Å². The predicted molar refractivity (Wildman–Crippen MR) is 129 cm³/mol. The van der Waals surface area contributed by atoms with Gasteiger partial charge in [-0.3, -0.25) is 4.79 Å². The Kier molecular flexibility index (Phi) is 8.01. The maximum atomic E-state index is 12.4. The quantitative estimate of drug-likeness (QED) is 0.444. The molecular formula is C26H30N2O7. The molecule has 3 rings (SSSR count). The molecule has 186 valence electrons. The van der Waals surface area contributed by atoms with Gasteiger partial charge >= 0.3 is 18.0 Å². The number of carboxylic acids is 1. The van der Waals surface area contributed by atoms with Crippen LogP contribution in [0, 0.1) is 0 Å². The first-order valence-corrected chi connectivity index (χ1v) is 11.1. The number of amides is 1. The molecule has 0 aliphatic carbocycles. The third kappa shape index (κ3) is 7.23. The molecule has 0 bridgehead atoms. The number of ether oxygens (including phenoxy) is 3. The van der Waals surface area contributed by atoms with Crippen molar-refractivity contribution in [2.24, 2.45) is 0 Å². The number of benzene rings is 2. The predicted octanol–water partition coefficient (Wildman–Crippen LogP) is 3.91. The number of carbonyl (C=O) groups excluding carboxylic acids is 2. The molecule has 0 fully saturated rings. The molecule has 1 atom stereocenters. The zero-order chi connectivity index (χ0) is 25.6. The third-order valence-corrected chi connectivity index (χ3v) is 5.12. The number of esters is 1. The Morgan fingerprint density at radius 2 is 1.80 bits per heavy atom. The van der Waals surface area contributed by atoms with E-state index in [1.54, 1.807) is 61.9 Å². The van der Waals surface area contributed by atoms with Gasteiger partial charge in [0.15, 0.2) is 0 Å². The summed E-state index contributed by atoms with van der Waals surface area (Å²) in [5.74, 6) is -1.05. The first-order valence-electron chi connectivity index (χ1n) is 11.1. The number of carboxylic acid groups (broad SMARTS) is 1. The van der Waals surface area contributed by atoms with Gasteiger partial charge < -0.3 is 29.2 Å². The van der Waals surface area contributed by atoms with Gasteiger partial charge in [-0.1, -0.05) is 30.3 Å². The molecule has 1 amide bonds. The molecule has 0 spiro atoms. The molecule has 0 saturated heterocycles. The molecule has 3 aromatic rings. The highest BCUT2D eigenvalue weighted by Gasteiger charge is 2.24. The molecule has 0 aliphatic heterocycles.